The lowest BCUT2D eigenvalue weighted by Gasteiger charge is -2.15. The molecule has 6 heteroatoms. The van der Waals surface area contributed by atoms with Crippen molar-refractivity contribution >= 4 is 11.8 Å². The number of nitrogens with zero attached hydrogens (tertiary/aromatic N) is 3. The summed E-state index contributed by atoms with van der Waals surface area (Å²) < 4.78 is 1.97. The molecule has 1 aromatic carbocycles. The van der Waals surface area contributed by atoms with E-state index in [4.69, 9.17) is 5.10 Å². The molecule has 1 aliphatic rings. The Morgan fingerprint density at radius 3 is 2.66 bits per heavy atom. The van der Waals surface area contributed by atoms with Gasteiger partial charge in [-0.25, -0.2) is 4.68 Å². The topological polar surface area (TPSA) is 67.2 Å². The van der Waals surface area contributed by atoms with E-state index in [2.05, 4.69) is 44.3 Å². The number of aromatic nitrogens is 2. The van der Waals surface area contributed by atoms with Crippen LogP contribution in [0.15, 0.2) is 18.2 Å². The van der Waals surface area contributed by atoms with Gasteiger partial charge in [0.05, 0.1) is 11.4 Å². The van der Waals surface area contributed by atoms with E-state index in [1.165, 1.54) is 11.1 Å². The molecule has 1 fully saturated rings. The third-order valence-corrected chi connectivity index (χ3v) is 5.88. The lowest BCUT2D eigenvalue weighted by atomic mass is 10.1. The first-order valence-electron chi connectivity index (χ1n) is 10.5. The summed E-state index contributed by atoms with van der Waals surface area (Å²) in [5, 5.41) is 7.68. The van der Waals surface area contributed by atoms with Crippen molar-refractivity contribution in [2.45, 2.75) is 59.8 Å². The minimum atomic E-state index is 0.0514. The number of rotatable bonds is 8. The quantitative estimate of drug-likeness (QED) is 0.697. The molecular weight excluding hydrogens is 364 g/mol. The Morgan fingerprint density at radius 2 is 1.97 bits per heavy atom. The Kier molecular flexibility index (Phi) is 6.72. The predicted octanol–water partition coefficient (Wildman–Crippen LogP) is 3.17. The molecule has 0 radical (unpaired) electrons. The number of amides is 2. The van der Waals surface area contributed by atoms with Gasteiger partial charge in [-0.15, -0.1) is 0 Å². The van der Waals surface area contributed by atoms with Crippen LogP contribution in [0.5, 0.6) is 0 Å². The van der Waals surface area contributed by atoms with E-state index in [1.54, 1.807) is 0 Å². The van der Waals surface area contributed by atoms with E-state index in [9.17, 15) is 9.59 Å². The average Bonchev–Trinajstić information content (AvgIpc) is 3.22. The molecule has 3 rings (SSSR count). The molecular formula is C23H32N4O2. The van der Waals surface area contributed by atoms with Gasteiger partial charge >= 0.3 is 0 Å². The van der Waals surface area contributed by atoms with E-state index in [-0.39, 0.29) is 11.8 Å². The Hall–Kier alpha value is -2.63. The summed E-state index contributed by atoms with van der Waals surface area (Å²) in [6, 6.07) is 6.35. The van der Waals surface area contributed by atoms with Crippen molar-refractivity contribution < 1.29 is 9.59 Å². The number of hydrogen-bond donors (Lipinski definition) is 1. The van der Waals surface area contributed by atoms with Gasteiger partial charge < -0.3 is 10.2 Å². The summed E-state index contributed by atoms with van der Waals surface area (Å²) in [6.07, 6.45) is 3.56. The Bertz CT molecular complexity index is 901. The monoisotopic (exact) mass is 396 g/mol. The van der Waals surface area contributed by atoms with Gasteiger partial charge in [0.2, 0.25) is 11.8 Å². The summed E-state index contributed by atoms with van der Waals surface area (Å²) in [7, 11) is 0. The van der Waals surface area contributed by atoms with Crippen LogP contribution in [-0.2, 0) is 16.0 Å². The minimum absolute atomic E-state index is 0.0514. The maximum absolute atomic E-state index is 12.2. The zero-order valence-corrected chi connectivity index (χ0v) is 18.0. The molecule has 0 saturated carbocycles. The molecule has 0 unspecified atom stereocenters. The molecule has 29 heavy (non-hydrogen) atoms. The second-order valence-corrected chi connectivity index (χ2v) is 8.02. The number of likely N-dealkylation sites (tertiary alicyclic amines) is 1. The van der Waals surface area contributed by atoms with E-state index < -0.39 is 0 Å². The van der Waals surface area contributed by atoms with Crippen LogP contribution in [0.2, 0.25) is 0 Å². The van der Waals surface area contributed by atoms with Crippen LogP contribution in [0, 0.1) is 27.7 Å². The van der Waals surface area contributed by atoms with Crippen LogP contribution in [0.3, 0.4) is 0 Å². The summed E-state index contributed by atoms with van der Waals surface area (Å²) >= 11 is 0. The molecule has 2 amide bonds. The van der Waals surface area contributed by atoms with E-state index in [1.807, 2.05) is 16.5 Å². The molecule has 0 spiro atoms. The molecule has 1 aromatic heterocycles. The number of carbonyl (C=O) groups is 2. The lowest BCUT2D eigenvalue weighted by Crippen LogP contribution is -2.30. The fourth-order valence-electron chi connectivity index (χ4n) is 3.91. The van der Waals surface area contributed by atoms with Gasteiger partial charge in [-0.2, -0.15) is 5.10 Å². The molecule has 1 aliphatic heterocycles. The van der Waals surface area contributed by atoms with Gasteiger partial charge in [0.1, 0.15) is 0 Å². The summed E-state index contributed by atoms with van der Waals surface area (Å²) in [4.78, 5) is 25.7. The summed E-state index contributed by atoms with van der Waals surface area (Å²) in [5.41, 5.74) is 6.77. The first-order chi connectivity index (χ1) is 13.9. The maximum Gasteiger partial charge on any atom is 0.222 e. The van der Waals surface area contributed by atoms with E-state index >= 15 is 0 Å². The molecule has 0 atom stereocenters. The lowest BCUT2D eigenvalue weighted by molar-refractivity contribution is -0.127. The molecule has 1 N–H and O–H groups in total. The average molecular weight is 397 g/mol. The zero-order valence-electron chi connectivity index (χ0n) is 18.0. The van der Waals surface area contributed by atoms with Crippen LogP contribution >= 0.6 is 0 Å². The van der Waals surface area contributed by atoms with Gasteiger partial charge in [-0.1, -0.05) is 6.07 Å². The highest BCUT2D eigenvalue weighted by atomic mass is 16.2. The molecule has 0 aliphatic carbocycles. The van der Waals surface area contributed by atoms with Gasteiger partial charge in [-0.05, 0) is 75.8 Å². The van der Waals surface area contributed by atoms with Gasteiger partial charge in [0.15, 0.2) is 0 Å². The fraction of sp³-hybridized carbons (Fsp3) is 0.522. The minimum Gasteiger partial charge on any atom is -0.356 e. The molecule has 0 bridgehead atoms. The highest BCUT2D eigenvalue weighted by Gasteiger charge is 2.19. The van der Waals surface area contributed by atoms with E-state index in [0.717, 1.165) is 48.6 Å². The molecule has 2 heterocycles. The summed E-state index contributed by atoms with van der Waals surface area (Å²) in [6.45, 7) is 10.5. The van der Waals surface area contributed by atoms with Crippen LogP contribution in [0.25, 0.3) is 5.69 Å². The Balaban J connectivity index is 1.51. The van der Waals surface area contributed by atoms with Crippen LogP contribution < -0.4 is 5.32 Å². The second-order valence-electron chi connectivity index (χ2n) is 8.02. The van der Waals surface area contributed by atoms with Crippen molar-refractivity contribution in [2.24, 2.45) is 0 Å². The molecule has 156 valence electrons. The van der Waals surface area contributed by atoms with Crippen LogP contribution in [0.4, 0.5) is 0 Å². The van der Waals surface area contributed by atoms with Gasteiger partial charge in [0.25, 0.3) is 0 Å². The predicted molar refractivity (Wildman–Crippen MR) is 114 cm³/mol. The van der Waals surface area contributed by atoms with Crippen molar-refractivity contribution in [3.8, 4) is 5.69 Å². The van der Waals surface area contributed by atoms with Crippen molar-refractivity contribution in [2.75, 3.05) is 19.6 Å². The van der Waals surface area contributed by atoms with Crippen molar-refractivity contribution in [3.63, 3.8) is 0 Å². The smallest absolute Gasteiger partial charge is 0.222 e. The third-order valence-electron chi connectivity index (χ3n) is 5.88. The van der Waals surface area contributed by atoms with Crippen molar-refractivity contribution in [1.29, 1.82) is 0 Å². The third kappa shape index (κ3) is 5.05. The normalized spacial score (nSPS) is 13.9. The number of benzene rings is 1. The van der Waals surface area contributed by atoms with Crippen molar-refractivity contribution in [1.82, 2.24) is 20.0 Å². The van der Waals surface area contributed by atoms with Crippen molar-refractivity contribution in [3.05, 3.63) is 46.3 Å². The maximum atomic E-state index is 12.2. The first kappa shape index (κ1) is 21.1. The largest absolute Gasteiger partial charge is 0.356 e. The van der Waals surface area contributed by atoms with Crippen LogP contribution in [-0.4, -0.2) is 46.1 Å². The van der Waals surface area contributed by atoms with Gasteiger partial charge in [0, 0.05) is 38.2 Å². The number of carbonyl (C=O) groups excluding carboxylic acids is 2. The zero-order chi connectivity index (χ0) is 21.0. The number of hydrogen-bond acceptors (Lipinski definition) is 3. The fourth-order valence-corrected chi connectivity index (χ4v) is 3.91. The van der Waals surface area contributed by atoms with E-state index in [0.29, 0.717) is 25.8 Å². The molecule has 2 aromatic rings. The Labute approximate surface area is 173 Å². The first-order valence-corrected chi connectivity index (χ1v) is 10.5. The van der Waals surface area contributed by atoms with Gasteiger partial charge in [-0.3, -0.25) is 9.59 Å². The second kappa shape index (κ2) is 9.25. The summed E-state index contributed by atoms with van der Waals surface area (Å²) in [5.74, 6) is 0.290. The van der Waals surface area contributed by atoms with Crippen LogP contribution in [0.1, 0.15) is 53.8 Å². The standard InChI is InChI=1S/C23H32N4O2/c1-16-8-9-20(15-17(16)2)27-19(4)21(18(3)25-27)10-11-22(28)24-12-6-14-26-13-5-7-23(26)29/h8-9,15H,5-7,10-14H2,1-4H3,(H,24,28). The molecule has 1 saturated heterocycles. The Morgan fingerprint density at radius 1 is 1.17 bits per heavy atom. The number of aryl methyl sites for hydroxylation is 3. The highest BCUT2D eigenvalue weighted by molar-refractivity contribution is 5.78. The SMILES string of the molecule is Cc1ccc(-n2nc(C)c(CCC(=O)NCCCN3CCCC3=O)c2C)cc1C. The number of nitrogens with one attached hydrogen (secondary N) is 1. The molecule has 6 nitrogen and oxygen atoms in total. The highest BCUT2D eigenvalue weighted by Crippen LogP contribution is 2.21.